The first-order chi connectivity index (χ1) is 6.84. The maximum Gasteiger partial charge on any atom is 0.332 e. The van der Waals surface area contributed by atoms with Crippen molar-refractivity contribution in [1.29, 1.82) is 0 Å². The van der Waals surface area contributed by atoms with Gasteiger partial charge in [-0.25, -0.2) is 0 Å². The summed E-state index contributed by atoms with van der Waals surface area (Å²) in [5.41, 5.74) is 5.75. The zero-order chi connectivity index (χ0) is 12.1. The number of nitrogens with two attached hydrogens (primary N) is 1. The molecule has 0 aromatic rings. The Morgan fingerprint density at radius 3 is 2.13 bits per heavy atom. The molecule has 6 heteroatoms. The molecule has 0 unspecified atom stereocenters. The van der Waals surface area contributed by atoms with Crippen molar-refractivity contribution >= 4 is 7.60 Å². The maximum atomic E-state index is 11.7. The minimum atomic E-state index is -3.16. The number of aliphatic hydroxyl groups excluding tert-OH is 1. The van der Waals surface area contributed by atoms with Gasteiger partial charge in [0.2, 0.25) is 0 Å². The Morgan fingerprint density at radius 2 is 1.80 bits per heavy atom. The zero-order valence-electron chi connectivity index (χ0n) is 9.84. The van der Waals surface area contributed by atoms with Crippen molar-refractivity contribution in [3.63, 3.8) is 0 Å². The molecule has 5 nitrogen and oxygen atoms in total. The van der Waals surface area contributed by atoms with Gasteiger partial charge in [-0.05, 0) is 12.3 Å². The highest BCUT2D eigenvalue weighted by molar-refractivity contribution is 7.53. The SMILES string of the molecule is COP(=O)(C[C@H](O)[C@H](N)CC(C)C)OC. The van der Waals surface area contributed by atoms with Crippen molar-refractivity contribution in [2.24, 2.45) is 11.7 Å². The molecule has 0 rings (SSSR count). The first-order valence-electron chi connectivity index (χ1n) is 4.98. The van der Waals surface area contributed by atoms with Gasteiger partial charge in [-0.2, -0.15) is 0 Å². The van der Waals surface area contributed by atoms with Crippen molar-refractivity contribution in [3.8, 4) is 0 Å². The van der Waals surface area contributed by atoms with Crippen LogP contribution in [-0.4, -0.2) is 37.6 Å². The Bertz CT molecular complexity index is 214. The fraction of sp³-hybridized carbons (Fsp3) is 1.00. The highest BCUT2D eigenvalue weighted by Crippen LogP contribution is 2.47. The Hall–Kier alpha value is 0.0700. The second kappa shape index (κ2) is 6.61. The van der Waals surface area contributed by atoms with Crippen LogP contribution in [-0.2, 0) is 13.6 Å². The van der Waals surface area contributed by atoms with Gasteiger partial charge in [-0.1, -0.05) is 13.8 Å². The van der Waals surface area contributed by atoms with Gasteiger partial charge in [0.1, 0.15) is 0 Å². The summed E-state index contributed by atoms with van der Waals surface area (Å²) in [5, 5.41) is 9.71. The van der Waals surface area contributed by atoms with E-state index in [0.29, 0.717) is 12.3 Å². The lowest BCUT2D eigenvalue weighted by Crippen LogP contribution is -2.38. The van der Waals surface area contributed by atoms with Gasteiger partial charge in [0.05, 0.1) is 12.3 Å². The molecule has 3 N–H and O–H groups in total. The van der Waals surface area contributed by atoms with Crippen LogP contribution in [0.1, 0.15) is 20.3 Å². The van der Waals surface area contributed by atoms with Crippen LogP contribution < -0.4 is 5.73 Å². The van der Waals surface area contributed by atoms with E-state index in [1.165, 1.54) is 14.2 Å². The number of aliphatic hydroxyl groups is 1. The molecule has 0 saturated heterocycles. The van der Waals surface area contributed by atoms with Crippen molar-refractivity contribution in [2.45, 2.75) is 32.4 Å². The van der Waals surface area contributed by atoms with E-state index in [9.17, 15) is 9.67 Å². The van der Waals surface area contributed by atoms with Crippen LogP contribution in [0.2, 0.25) is 0 Å². The molecule has 15 heavy (non-hydrogen) atoms. The molecule has 0 aromatic heterocycles. The Labute approximate surface area is 91.5 Å². The van der Waals surface area contributed by atoms with Crippen molar-refractivity contribution in [3.05, 3.63) is 0 Å². The third kappa shape index (κ3) is 5.64. The summed E-state index contributed by atoms with van der Waals surface area (Å²) >= 11 is 0. The fourth-order valence-corrected chi connectivity index (χ4v) is 2.47. The standard InChI is InChI=1S/C9H22NO4P/c1-7(2)5-8(10)9(11)6-15(12,13-3)14-4/h7-9,11H,5-6,10H2,1-4H3/t8-,9+/m1/s1. The van der Waals surface area contributed by atoms with E-state index >= 15 is 0 Å². The van der Waals surface area contributed by atoms with Crippen molar-refractivity contribution in [1.82, 2.24) is 0 Å². The molecule has 0 aliphatic heterocycles. The molecule has 92 valence electrons. The lowest BCUT2D eigenvalue weighted by Gasteiger charge is -2.23. The van der Waals surface area contributed by atoms with E-state index in [1.807, 2.05) is 13.8 Å². The molecule has 0 radical (unpaired) electrons. The molecular formula is C9H22NO4P. The molecule has 0 spiro atoms. The van der Waals surface area contributed by atoms with Gasteiger partial charge in [0, 0.05) is 20.3 Å². The maximum absolute atomic E-state index is 11.7. The van der Waals surface area contributed by atoms with E-state index < -0.39 is 19.7 Å². The van der Waals surface area contributed by atoms with Gasteiger partial charge >= 0.3 is 7.60 Å². The van der Waals surface area contributed by atoms with E-state index in [2.05, 4.69) is 0 Å². The summed E-state index contributed by atoms with van der Waals surface area (Å²) < 4.78 is 21.2. The molecule has 0 aliphatic carbocycles. The second-order valence-corrected chi connectivity index (χ2v) is 6.34. The van der Waals surface area contributed by atoms with Gasteiger partial charge in [0.25, 0.3) is 0 Å². The zero-order valence-corrected chi connectivity index (χ0v) is 10.7. The molecule has 0 aromatic carbocycles. The summed E-state index contributed by atoms with van der Waals surface area (Å²) in [5.74, 6) is 0.388. The van der Waals surface area contributed by atoms with Gasteiger partial charge < -0.3 is 19.9 Å². The monoisotopic (exact) mass is 239 g/mol. The Balaban J connectivity index is 4.22. The highest BCUT2D eigenvalue weighted by Gasteiger charge is 2.29. The van der Waals surface area contributed by atoms with Crippen LogP contribution in [0.25, 0.3) is 0 Å². The minimum absolute atomic E-state index is 0.0616. The van der Waals surface area contributed by atoms with Crippen LogP contribution >= 0.6 is 7.60 Å². The smallest absolute Gasteiger partial charge is 0.332 e. The Kier molecular flexibility index (Phi) is 6.64. The minimum Gasteiger partial charge on any atom is -0.391 e. The van der Waals surface area contributed by atoms with E-state index in [0.717, 1.165) is 0 Å². The quantitative estimate of drug-likeness (QED) is 0.652. The van der Waals surface area contributed by atoms with Crippen LogP contribution in [0.15, 0.2) is 0 Å². The highest BCUT2D eigenvalue weighted by atomic mass is 31.2. The normalized spacial score (nSPS) is 16.7. The number of hydrogen-bond acceptors (Lipinski definition) is 5. The second-order valence-electron chi connectivity index (χ2n) is 4.02. The van der Waals surface area contributed by atoms with Crippen LogP contribution in [0, 0.1) is 5.92 Å². The summed E-state index contributed by atoms with van der Waals surface area (Å²) in [6, 6.07) is -0.399. The first kappa shape index (κ1) is 15.1. The lowest BCUT2D eigenvalue weighted by molar-refractivity contribution is 0.144. The average Bonchev–Trinajstić information content (AvgIpc) is 2.16. The summed E-state index contributed by atoms with van der Waals surface area (Å²) in [7, 11) is -0.571. The van der Waals surface area contributed by atoms with E-state index in [1.54, 1.807) is 0 Å². The molecular weight excluding hydrogens is 217 g/mol. The molecule has 0 aliphatic rings. The number of hydrogen-bond donors (Lipinski definition) is 2. The fourth-order valence-electron chi connectivity index (χ4n) is 1.29. The van der Waals surface area contributed by atoms with Crippen LogP contribution in [0.4, 0.5) is 0 Å². The summed E-state index contributed by atoms with van der Waals surface area (Å²) in [6.07, 6.45) is -0.249. The third-order valence-electron chi connectivity index (χ3n) is 2.20. The van der Waals surface area contributed by atoms with Crippen molar-refractivity contribution < 1.29 is 18.7 Å². The molecule has 0 saturated carbocycles. The molecule has 0 bridgehead atoms. The molecule has 2 atom stereocenters. The predicted molar refractivity (Wildman–Crippen MR) is 59.9 cm³/mol. The van der Waals surface area contributed by atoms with E-state index in [-0.39, 0.29) is 6.16 Å². The molecule has 0 heterocycles. The van der Waals surface area contributed by atoms with Crippen LogP contribution in [0.3, 0.4) is 0 Å². The van der Waals surface area contributed by atoms with Gasteiger partial charge in [-0.3, -0.25) is 4.57 Å². The topological polar surface area (TPSA) is 81.8 Å². The summed E-state index contributed by atoms with van der Waals surface area (Å²) in [4.78, 5) is 0. The lowest BCUT2D eigenvalue weighted by atomic mass is 10.0. The third-order valence-corrected chi connectivity index (χ3v) is 4.14. The summed E-state index contributed by atoms with van der Waals surface area (Å²) in [6.45, 7) is 4.03. The number of rotatable bonds is 7. The Morgan fingerprint density at radius 1 is 1.33 bits per heavy atom. The average molecular weight is 239 g/mol. The van der Waals surface area contributed by atoms with Gasteiger partial charge in [0.15, 0.2) is 0 Å². The van der Waals surface area contributed by atoms with E-state index in [4.69, 9.17) is 14.8 Å². The van der Waals surface area contributed by atoms with Crippen molar-refractivity contribution in [2.75, 3.05) is 20.4 Å². The molecule has 0 fully saturated rings. The first-order valence-corrected chi connectivity index (χ1v) is 6.71. The predicted octanol–water partition coefficient (Wildman–Crippen LogP) is 1.21. The molecule has 0 amide bonds. The largest absolute Gasteiger partial charge is 0.391 e. The van der Waals surface area contributed by atoms with Crippen LogP contribution in [0.5, 0.6) is 0 Å². The van der Waals surface area contributed by atoms with Gasteiger partial charge in [-0.15, -0.1) is 0 Å².